The van der Waals surface area contributed by atoms with Gasteiger partial charge in [0.15, 0.2) is 0 Å². The lowest BCUT2D eigenvalue weighted by Crippen LogP contribution is -2.10. The Labute approximate surface area is 83.3 Å². The third-order valence-corrected chi connectivity index (χ3v) is 1.78. The number of carboxylic acid groups (broad SMARTS) is 1. The van der Waals surface area contributed by atoms with Crippen LogP contribution >= 0.6 is 0 Å². The molecule has 0 fully saturated rings. The number of aliphatic carboxylic acids is 1. The first-order valence-electron chi connectivity index (χ1n) is 3.98. The van der Waals surface area contributed by atoms with Gasteiger partial charge in [-0.1, -0.05) is 6.07 Å². The van der Waals surface area contributed by atoms with E-state index in [0.717, 1.165) is 12.1 Å². The summed E-state index contributed by atoms with van der Waals surface area (Å²) in [6, 6.07) is 3.07. The maximum Gasteiger partial charge on any atom is 0.418 e. The molecule has 82 valence electrons. The lowest BCUT2D eigenvalue weighted by molar-refractivity contribution is -0.138. The molecule has 1 aromatic rings. The van der Waals surface area contributed by atoms with Gasteiger partial charge < -0.3 is 10.8 Å². The average Bonchev–Trinajstić information content (AvgIpc) is 2.05. The van der Waals surface area contributed by atoms with Crippen LogP contribution in [-0.4, -0.2) is 11.1 Å². The highest BCUT2D eigenvalue weighted by Crippen LogP contribution is 2.34. The minimum absolute atomic E-state index is 0.0732. The van der Waals surface area contributed by atoms with Crippen LogP contribution in [0.15, 0.2) is 18.2 Å². The van der Waals surface area contributed by atoms with Crippen molar-refractivity contribution in [3.05, 3.63) is 29.3 Å². The van der Waals surface area contributed by atoms with E-state index < -0.39 is 29.8 Å². The largest absolute Gasteiger partial charge is 0.481 e. The number of benzene rings is 1. The Hall–Kier alpha value is -1.72. The zero-order valence-electron chi connectivity index (χ0n) is 7.51. The van der Waals surface area contributed by atoms with Crippen molar-refractivity contribution >= 4 is 11.7 Å². The van der Waals surface area contributed by atoms with E-state index in [1.165, 1.54) is 6.07 Å². The monoisotopic (exact) mass is 219 g/mol. The highest BCUT2D eigenvalue weighted by Gasteiger charge is 2.33. The van der Waals surface area contributed by atoms with Crippen molar-refractivity contribution in [2.45, 2.75) is 12.6 Å². The molecular weight excluding hydrogens is 211 g/mol. The van der Waals surface area contributed by atoms with Crippen molar-refractivity contribution in [3.8, 4) is 0 Å². The van der Waals surface area contributed by atoms with E-state index >= 15 is 0 Å². The Bertz CT molecular complexity index is 387. The van der Waals surface area contributed by atoms with Gasteiger partial charge in [-0.25, -0.2) is 0 Å². The first-order chi connectivity index (χ1) is 6.80. The summed E-state index contributed by atoms with van der Waals surface area (Å²) in [6.45, 7) is 0. The van der Waals surface area contributed by atoms with Crippen LogP contribution in [0.5, 0.6) is 0 Å². The normalized spacial score (nSPS) is 11.4. The SMILES string of the molecule is Nc1ccc(CC(=O)O)cc1C(F)(F)F. The lowest BCUT2D eigenvalue weighted by atomic mass is 10.1. The fourth-order valence-corrected chi connectivity index (χ4v) is 1.13. The summed E-state index contributed by atoms with van der Waals surface area (Å²) in [5, 5.41) is 8.42. The van der Waals surface area contributed by atoms with Crippen molar-refractivity contribution < 1.29 is 23.1 Å². The number of nitrogens with two attached hydrogens (primary N) is 1. The lowest BCUT2D eigenvalue weighted by Gasteiger charge is -2.10. The summed E-state index contributed by atoms with van der Waals surface area (Å²) < 4.78 is 37.0. The molecule has 0 aliphatic heterocycles. The second kappa shape index (κ2) is 3.80. The molecule has 3 nitrogen and oxygen atoms in total. The van der Waals surface area contributed by atoms with Crippen LogP contribution in [0, 0.1) is 0 Å². The van der Waals surface area contributed by atoms with Crippen LogP contribution in [0.3, 0.4) is 0 Å². The first-order valence-corrected chi connectivity index (χ1v) is 3.98. The fourth-order valence-electron chi connectivity index (χ4n) is 1.13. The molecule has 6 heteroatoms. The molecule has 0 aliphatic rings. The highest BCUT2D eigenvalue weighted by atomic mass is 19.4. The van der Waals surface area contributed by atoms with Gasteiger partial charge in [-0.05, 0) is 17.7 Å². The summed E-state index contributed by atoms with van der Waals surface area (Å²) in [4.78, 5) is 10.3. The van der Waals surface area contributed by atoms with Gasteiger partial charge >= 0.3 is 12.1 Å². The van der Waals surface area contributed by atoms with Gasteiger partial charge in [-0.3, -0.25) is 4.79 Å². The molecule has 0 saturated heterocycles. The third-order valence-electron chi connectivity index (χ3n) is 1.78. The minimum atomic E-state index is -4.56. The first kappa shape index (κ1) is 11.4. The number of hydrogen-bond donors (Lipinski definition) is 2. The number of alkyl halides is 3. The molecule has 0 radical (unpaired) electrons. The summed E-state index contributed by atoms with van der Waals surface area (Å²) >= 11 is 0. The molecule has 0 spiro atoms. The van der Waals surface area contributed by atoms with Gasteiger partial charge in [0.2, 0.25) is 0 Å². The number of anilines is 1. The number of halogens is 3. The molecule has 1 rings (SSSR count). The van der Waals surface area contributed by atoms with Gasteiger partial charge in [0.05, 0.1) is 12.0 Å². The molecule has 15 heavy (non-hydrogen) atoms. The zero-order valence-corrected chi connectivity index (χ0v) is 7.51. The van der Waals surface area contributed by atoms with Crippen molar-refractivity contribution in [2.24, 2.45) is 0 Å². The van der Waals surface area contributed by atoms with E-state index in [4.69, 9.17) is 10.8 Å². The molecule has 0 unspecified atom stereocenters. The van der Waals surface area contributed by atoms with Crippen molar-refractivity contribution in [3.63, 3.8) is 0 Å². The molecule has 0 heterocycles. The summed E-state index contributed by atoms with van der Waals surface area (Å²) in [7, 11) is 0. The Morgan fingerprint density at radius 3 is 2.47 bits per heavy atom. The van der Waals surface area contributed by atoms with Crippen LogP contribution in [0.1, 0.15) is 11.1 Å². The van der Waals surface area contributed by atoms with Gasteiger partial charge in [-0.15, -0.1) is 0 Å². The molecule has 1 aromatic carbocycles. The van der Waals surface area contributed by atoms with Crippen LogP contribution < -0.4 is 5.73 Å². The van der Waals surface area contributed by atoms with Gasteiger partial charge in [0.25, 0.3) is 0 Å². The molecule has 0 amide bonds. The van der Waals surface area contributed by atoms with Crippen LogP contribution in [0.2, 0.25) is 0 Å². The van der Waals surface area contributed by atoms with Crippen molar-refractivity contribution in [1.82, 2.24) is 0 Å². The van der Waals surface area contributed by atoms with E-state index in [-0.39, 0.29) is 5.56 Å². The Morgan fingerprint density at radius 1 is 1.40 bits per heavy atom. The minimum Gasteiger partial charge on any atom is -0.481 e. The average molecular weight is 219 g/mol. The molecular formula is C9H8F3NO2. The van der Waals surface area contributed by atoms with Crippen LogP contribution in [0.4, 0.5) is 18.9 Å². The highest BCUT2D eigenvalue weighted by molar-refractivity contribution is 5.70. The maximum atomic E-state index is 12.3. The van der Waals surface area contributed by atoms with E-state index in [1.807, 2.05) is 0 Å². The van der Waals surface area contributed by atoms with Gasteiger partial charge in [0.1, 0.15) is 0 Å². The van der Waals surface area contributed by atoms with Crippen LogP contribution in [0.25, 0.3) is 0 Å². The second-order valence-corrected chi connectivity index (χ2v) is 2.99. The third kappa shape index (κ3) is 2.87. The number of rotatable bonds is 2. The van der Waals surface area contributed by atoms with Gasteiger partial charge in [-0.2, -0.15) is 13.2 Å². The molecule has 0 aromatic heterocycles. The number of carbonyl (C=O) groups is 1. The van der Waals surface area contributed by atoms with E-state index in [0.29, 0.717) is 0 Å². The van der Waals surface area contributed by atoms with Crippen molar-refractivity contribution in [1.29, 1.82) is 0 Å². The fraction of sp³-hybridized carbons (Fsp3) is 0.222. The van der Waals surface area contributed by atoms with E-state index in [2.05, 4.69) is 0 Å². The Morgan fingerprint density at radius 2 is 2.00 bits per heavy atom. The predicted octanol–water partition coefficient (Wildman–Crippen LogP) is 1.91. The van der Waals surface area contributed by atoms with Crippen molar-refractivity contribution in [2.75, 3.05) is 5.73 Å². The van der Waals surface area contributed by atoms with E-state index in [9.17, 15) is 18.0 Å². The number of carboxylic acids is 1. The topological polar surface area (TPSA) is 63.3 Å². The Balaban J connectivity index is 3.11. The smallest absolute Gasteiger partial charge is 0.418 e. The standard InChI is InChI=1S/C9H8F3NO2/c10-9(11,12)6-3-5(4-8(14)15)1-2-7(6)13/h1-3H,4,13H2,(H,14,15). The molecule has 3 N–H and O–H groups in total. The molecule has 0 atom stereocenters. The van der Waals surface area contributed by atoms with Crippen LogP contribution in [-0.2, 0) is 17.4 Å². The molecule has 0 aliphatic carbocycles. The maximum absolute atomic E-state index is 12.3. The predicted molar refractivity (Wildman–Crippen MR) is 47.2 cm³/mol. The van der Waals surface area contributed by atoms with Gasteiger partial charge in [0, 0.05) is 5.69 Å². The number of nitrogen functional groups attached to an aromatic ring is 1. The zero-order chi connectivity index (χ0) is 11.6. The summed E-state index contributed by atoms with van der Waals surface area (Å²) in [6.07, 6.45) is -5.01. The quantitative estimate of drug-likeness (QED) is 0.747. The molecule has 0 saturated carbocycles. The molecule has 0 bridgehead atoms. The second-order valence-electron chi connectivity index (χ2n) is 2.99. The Kier molecular flexibility index (Phi) is 2.88. The van der Waals surface area contributed by atoms with E-state index in [1.54, 1.807) is 0 Å². The number of hydrogen-bond acceptors (Lipinski definition) is 2. The summed E-state index contributed by atoms with van der Waals surface area (Å²) in [5.41, 5.74) is 3.81. The summed E-state index contributed by atoms with van der Waals surface area (Å²) in [5.74, 6) is -1.19.